The van der Waals surface area contributed by atoms with E-state index in [9.17, 15) is 4.79 Å². The van der Waals surface area contributed by atoms with Crippen LogP contribution in [0.4, 0.5) is 10.6 Å². The number of benzene rings is 2. The summed E-state index contributed by atoms with van der Waals surface area (Å²) in [6.45, 7) is 12.0. The van der Waals surface area contributed by atoms with Crippen LogP contribution in [0.2, 0.25) is 0 Å². The Balaban J connectivity index is 2.10. The van der Waals surface area contributed by atoms with Gasteiger partial charge in [-0.05, 0) is 48.9 Å². The maximum atomic E-state index is 12.5. The monoisotopic (exact) mass is 365 g/mol. The second-order valence-electron chi connectivity index (χ2n) is 8.80. The highest BCUT2D eigenvalue weighted by molar-refractivity contribution is 6.04. The van der Waals surface area contributed by atoms with Gasteiger partial charge in [0, 0.05) is 0 Å². The predicted octanol–water partition coefficient (Wildman–Crippen LogP) is 5.37. The van der Waals surface area contributed by atoms with Crippen LogP contribution in [-0.2, 0) is 10.2 Å². The molecule has 3 aromatic rings. The van der Waals surface area contributed by atoms with Gasteiger partial charge in [0.2, 0.25) is 0 Å². The first-order valence-corrected chi connectivity index (χ1v) is 9.09. The molecule has 1 heterocycles. The van der Waals surface area contributed by atoms with Gasteiger partial charge in [0.05, 0.1) is 10.9 Å². The zero-order valence-electron chi connectivity index (χ0n) is 16.8. The van der Waals surface area contributed by atoms with Gasteiger partial charge in [0.25, 0.3) is 0 Å². The van der Waals surface area contributed by atoms with Crippen LogP contribution in [-0.4, -0.2) is 21.5 Å². The molecular weight excluding hydrogens is 338 g/mol. The molecule has 0 radical (unpaired) electrons. The van der Waals surface area contributed by atoms with Crippen LogP contribution in [0, 0.1) is 0 Å². The summed E-state index contributed by atoms with van der Waals surface area (Å²) in [5.74, 6) is 0.311. The summed E-state index contributed by atoms with van der Waals surface area (Å²) in [7, 11) is 0. The van der Waals surface area contributed by atoms with Crippen LogP contribution < -0.4 is 5.73 Å². The number of hydrogen-bond acceptors (Lipinski definition) is 4. The summed E-state index contributed by atoms with van der Waals surface area (Å²) in [4.78, 5) is 12.5. The lowest BCUT2D eigenvalue weighted by Crippen LogP contribution is -2.27. The van der Waals surface area contributed by atoms with E-state index in [1.165, 1.54) is 10.2 Å². The SMILES string of the molecule is CC(C)(C)OC(=O)n1nc(N)c2c(-c3ccc(C(C)(C)C)cc3)cccc21. The number of fused-ring (bicyclic) bond motifs is 1. The summed E-state index contributed by atoms with van der Waals surface area (Å²) in [5, 5.41) is 4.99. The summed E-state index contributed by atoms with van der Waals surface area (Å²) < 4.78 is 6.69. The van der Waals surface area contributed by atoms with Gasteiger partial charge in [-0.1, -0.05) is 57.2 Å². The highest BCUT2D eigenvalue weighted by atomic mass is 16.6. The van der Waals surface area contributed by atoms with Gasteiger partial charge in [-0.3, -0.25) is 0 Å². The number of anilines is 1. The lowest BCUT2D eigenvalue weighted by Gasteiger charge is -2.19. The second-order valence-corrected chi connectivity index (χ2v) is 8.80. The van der Waals surface area contributed by atoms with E-state index in [1.807, 2.05) is 39.0 Å². The van der Waals surface area contributed by atoms with Gasteiger partial charge < -0.3 is 10.5 Å². The van der Waals surface area contributed by atoms with Crippen molar-refractivity contribution in [2.75, 3.05) is 5.73 Å². The van der Waals surface area contributed by atoms with Crippen LogP contribution in [0.1, 0.15) is 47.1 Å². The number of hydrogen-bond donors (Lipinski definition) is 1. The van der Waals surface area contributed by atoms with Crippen molar-refractivity contribution in [3.63, 3.8) is 0 Å². The Morgan fingerprint density at radius 2 is 1.63 bits per heavy atom. The number of aromatic nitrogens is 2. The molecule has 0 unspecified atom stereocenters. The van der Waals surface area contributed by atoms with Crippen molar-refractivity contribution in [2.24, 2.45) is 0 Å². The minimum atomic E-state index is -0.607. The van der Waals surface area contributed by atoms with E-state index in [1.54, 1.807) is 0 Å². The van der Waals surface area contributed by atoms with E-state index in [4.69, 9.17) is 10.5 Å². The van der Waals surface area contributed by atoms with Gasteiger partial charge in [-0.2, -0.15) is 4.68 Å². The molecule has 2 N–H and O–H groups in total. The van der Waals surface area contributed by atoms with Crippen molar-refractivity contribution in [1.82, 2.24) is 9.78 Å². The molecule has 2 aromatic carbocycles. The molecule has 0 saturated carbocycles. The van der Waals surface area contributed by atoms with Crippen LogP contribution >= 0.6 is 0 Å². The van der Waals surface area contributed by atoms with Crippen LogP contribution in [0.5, 0.6) is 0 Å². The van der Waals surface area contributed by atoms with Crippen molar-refractivity contribution < 1.29 is 9.53 Å². The molecule has 0 saturated heterocycles. The van der Waals surface area contributed by atoms with Gasteiger partial charge in [-0.15, -0.1) is 5.10 Å². The number of nitrogens with zero attached hydrogens (tertiary/aromatic N) is 2. The largest absolute Gasteiger partial charge is 0.442 e. The molecular formula is C22H27N3O2. The van der Waals surface area contributed by atoms with E-state index in [0.717, 1.165) is 16.5 Å². The second kappa shape index (κ2) is 6.41. The molecule has 0 fully saturated rings. The average Bonchev–Trinajstić information content (AvgIpc) is 2.90. The van der Waals surface area contributed by atoms with Crippen molar-refractivity contribution in [3.8, 4) is 11.1 Å². The van der Waals surface area contributed by atoms with E-state index < -0.39 is 11.7 Å². The molecule has 5 heteroatoms. The minimum Gasteiger partial charge on any atom is -0.442 e. The zero-order chi connectivity index (χ0) is 20.0. The van der Waals surface area contributed by atoms with E-state index >= 15 is 0 Å². The molecule has 0 aliphatic carbocycles. The van der Waals surface area contributed by atoms with E-state index in [0.29, 0.717) is 11.3 Å². The Bertz CT molecular complexity index is 987. The van der Waals surface area contributed by atoms with E-state index in [2.05, 4.69) is 50.1 Å². The molecule has 0 amide bonds. The number of nitrogen functional groups attached to an aromatic ring is 1. The van der Waals surface area contributed by atoms with Gasteiger partial charge in [0.1, 0.15) is 5.60 Å². The summed E-state index contributed by atoms with van der Waals surface area (Å²) in [5.41, 5.74) is 9.53. The Labute approximate surface area is 160 Å². The molecule has 0 aliphatic rings. The maximum Gasteiger partial charge on any atom is 0.435 e. The van der Waals surface area contributed by atoms with Gasteiger partial charge in [-0.25, -0.2) is 4.79 Å². The lowest BCUT2D eigenvalue weighted by molar-refractivity contribution is 0.0523. The first-order valence-electron chi connectivity index (χ1n) is 9.09. The molecule has 0 bridgehead atoms. The predicted molar refractivity (Wildman–Crippen MR) is 110 cm³/mol. The first-order chi connectivity index (χ1) is 12.5. The third kappa shape index (κ3) is 3.82. The van der Waals surface area contributed by atoms with Crippen LogP contribution in [0.15, 0.2) is 42.5 Å². The molecule has 0 spiro atoms. The average molecular weight is 365 g/mol. The fourth-order valence-electron chi connectivity index (χ4n) is 3.03. The number of rotatable bonds is 1. The normalized spacial score (nSPS) is 12.4. The van der Waals surface area contributed by atoms with Gasteiger partial charge in [0.15, 0.2) is 5.82 Å². The fraction of sp³-hybridized carbons (Fsp3) is 0.364. The molecule has 0 aliphatic heterocycles. The Morgan fingerprint density at radius 3 is 2.19 bits per heavy atom. The Kier molecular flexibility index (Phi) is 4.50. The fourth-order valence-corrected chi connectivity index (χ4v) is 3.03. The van der Waals surface area contributed by atoms with Crippen LogP contribution in [0.25, 0.3) is 22.0 Å². The number of carbonyl (C=O) groups is 1. The Hall–Kier alpha value is -2.82. The lowest BCUT2D eigenvalue weighted by atomic mass is 9.86. The third-order valence-corrected chi connectivity index (χ3v) is 4.36. The maximum absolute atomic E-state index is 12.5. The summed E-state index contributed by atoms with van der Waals surface area (Å²) in [6.07, 6.45) is -0.538. The van der Waals surface area contributed by atoms with Crippen molar-refractivity contribution in [2.45, 2.75) is 52.6 Å². The minimum absolute atomic E-state index is 0.0885. The standard InChI is InChI=1S/C22H27N3O2/c1-21(2,3)15-12-10-14(11-13-15)16-8-7-9-17-18(16)19(23)24-25(17)20(26)27-22(4,5)6/h7-13H,1-6H3,(H2,23,24). The third-order valence-electron chi connectivity index (χ3n) is 4.36. The number of carbonyl (C=O) groups excluding carboxylic acids is 1. The molecule has 0 atom stereocenters. The molecule has 1 aromatic heterocycles. The van der Waals surface area contributed by atoms with Crippen molar-refractivity contribution in [1.29, 1.82) is 0 Å². The summed E-state index contributed by atoms with van der Waals surface area (Å²) in [6, 6.07) is 14.1. The molecule has 5 nitrogen and oxygen atoms in total. The summed E-state index contributed by atoms with van der Waals surface area (Å²) >= 11 is 0. The Morgan fingerprint density at radius 1 is 1.00 bits per heavy atom. The first kappa shape index (κ1) is 19.0. The molecule has 142 valence electrons. The van der Waals surface area contributed by atoms with Gasteiger partial charge >= 0.3 is 6.09 Å². The van der Waals surface area contributed by atoms with Crippen LogP contribution in [0.3, 0.4) is 0 Å². The van der Waals surface area contributed by atoms with Crippen molar-refractivity contribution in [3.05, 3.63) is 48.0 Å². The zero-order valence-corrected chi connectivity index (χ0v) is 16.8. The number of nitrogens with two attached hydrogens (primary N) is 1. The molecule has 3 rings (SSSR count). The topological polar surface area (TPSA) is 70.1 Å². The highest BCUT2D eigenvalue weighted by Gasteiger charge is 2.23. The highest BCUT2D eigenvalue weighted by Crippen LogP contribution is 2.34. The van der Waals surface area contributed by atoms with E-state index in [-0.39, 0.29) is 5.41 Å². The quantitative estimate of drug-likeness (QED) is 0.630. The molecule has 27 heavy (non-hydrogen) atoms. The van der Waals surface area contributed by atoms with Crippen molar-refractivity contribution >= 4 is 22.8 Å². The number of ether oxygens (including phenoxy) is 1. The smallest absolute Gasteiger partial charge is 0.435 e.